The Bertz CT molecular complexity index is 1370. The molecule has 0 spiro atoms. The fraction of sp³-hybridized carbons (Fsp3) is 0.414. The van der Waals surface area contributed by atoms with Gasteiger partial charge in [-0.15, -0.1) is 0 Å². The number of piperidine rings is 1. The molecule has 3 aromatic rings. The van der Waals surface area contributed by atoms with Crippen LogP contribution < -0.4 is 10.2 Å². The van der Waals surface area contributed by atoms with Crippen LogP contribution in [-0.2, 0) is 4.79 Å². The topological polar surface area (TPSA) is 81.3 Å². The molecular formula is C29H31F2N5O2. The summed E-state index contributed by atoms with van der Waals surface area (Å²) in [5.41, 5.74) is 3.27. The van der Waals surface area contributed by atoms with Crippen LogP contribution in [0, 0.1) is 11.6 Å². The second-order valence-electron chi connectivity index (χ2n) is 10.6. The van der Waals surface area contributed by atoms with Crippen LogP contribution in [0.5, 0.6) is 0 Å². The SMILES string of the molecule is O=CN(c1cc(C2=CCC(NC3CCN(C(=O)c4cc(F)cc(F)c4)CC3)CC2)c2cc[nH]c2n1)C1CC1. The Morgan fingerprint density at radius 3 is 2.47 bits per heavy atom. The highest BCUT2D eigenvalue weighted by atomic mass is 19.1. The van der Waals surface area contributed by atoms with Gasteiger partial charge in [0.15, 0.2) is 0 Å². The minimum absolute atomic E-state index is 0.0584. The largest absolute Gasteiger partial charge is 0.346 e. The van der Waals surface area contributed by atoms with Crippen LogP contribution in [0.15, 0.2) is 42.6 Å². The smallest absolute Gasteiger partial charge is 0.254 e. The highest BCUT2D eigenvalue weighted by molar-refractivity contribution is 5.94. The van der Waals surface area contributed by atoms with Gasteiger partial charge in [0.25, 0.3) is 5.91 Å². The number of rotatable bonds is 7. The first-order chi connectivity index (χ1) is 18.5. The molecule has 1 aliphatic heterocycles. The van der Waals surface area contributed by atoms with E-state index in [-0.39, 0.29) is 17.5 Å². The van der Waals surface area contributed by atoms with Crippen LogP contribution in [0.1, 0.15) is 60.9 Å². The van der Waals surface area contributed by atoms with Crippen LogP contribution in [0.2, 0.25) is 0 Å². The van der Waals surface area contributed by atoms with Crippen LogP contribution >= 0.6 is 0 Å². The van der Waals surface area contributed by atoms with Gasteiger partial charge < -0.3 is 15.2 Å². The van der Waals surface area contributed by atoms with E-state index >= 15 is 0 Å². The molecule has 2 amide bonds. The molecule has 6 rings (SSSR count). The number of hydrogen-bond acceptors (Lipinski definition) is 4. The van der Waals surface area contributed by atoms with Gasteiger partial charge in [-0.1, -0.05) is 6.08 Å². The first kappa shape index (κ1) is 24.7. The number of anilines is 1. The van der Waals surface area contributed by atoms with E-state index in [0.717, 1.165) is 86.2 Å². The maximum Gasteiger partial charge on any atom is 0.254 e. The van der Waals surface area contributed by atoms with E-state index in [1.807, 2.05) is 12.3 Å². The average Bonchev–Trinajstić information content (AvgIpc) is 3.64. The molecule has 1 unspecified atom stereocenters. The van der Waals surface area contributed by atoms with Gasteiger partial charge in [-0.25, -0.2) is 13.8 Å². The number of nitrogens with one attached hydrogen (secondary N) is 2. The van der Waals surface area contributed by atoms with Gasteiger partial charge in [0.05, 0.1) is 0 Å². The molecule has 0 bridgehead atoms. The number of aromatic amines is 1. The van der Waals surface area contributed by atoms with Crippen molar-refractivity contribution in [3.63, 3.8) is 0 Å². The van der Waals surface area contributed by atoms with Crippen LogP contribution in [0.4, 0.5) is 14.6 Å². The normalized spacial score (nSPS) is 20.4. The highest BCUT2D eigenvalue weighted by Crippen LogP contribution is 2.36. The van der Waals surface area contributed by atoms with Gasteiger partial charge in [0.2, 0.25) is 6.41 Å². The Hall–Kier alpha value is -3.59. The van der Waals surface area contributed by atoms with E-state index < -0.39 is 11.6 Å². The van der Waals surface area contributed by atoms with Crippen molar-refractivity contribution in [3.05, 3.63) is 65.4 Å². The van der Waals surface area contributed by atoms with Crippen molar-refractivity contribution in [1.82, 2.24) is 20.2 Å². The van der Waals surface area contributed by atoms with Crippen LogP contribution in [-0.4, -0.2) is 58.4 Å². The summed E-state index contributed by atoms with van der Waals surface area (Å²) in [6.45, 7) is 1.11. The van der Waals surface area contributed by atoms with Gasteiger partial charge >= 0.3 is 0 Å². The van der Waals surface area contributed by atoms with Gasteiger partial charge in [-0.3, -0.25) is 14.5 Å². The van der Waals surface area contributed by atoms with E-state index in [9.17, 15) is 18.4 Å². The van der Waals surface area contributed by atoms with Crippen molar-refractivity contribution in [2.45, 2.75) is 63.1 Å². The third-order valence-electron chi connectivity index (χ3n) is 7.95. The number of pyridine rings is 1. The summed E-state index contributed by atoms with van der Waals surface area (Å²) in [6.07, 6.45) is 11.6. The molecule has 2 aromatic heterocycles. The maximum atomic E-state index is 13.5. The van der Waals surface area contributed by atoms with Crippen molar-refractivity contribution in [2.75, 3.05) is 18.0 Å². The van der Waals surface area contributed by atoms with Gasteiger partial charge in [0.1, 0.15) is 23.1 Å². The molecule has 198 valence electrons. The summed E-state index contributed by atoms with van der Waals surface area (Å²) >= 11 is 0. The monoisotopic (exact) mass is 519 g/mol. The number of allylic oxidation sites excluding steroid dienone is 1. The summed E-state index contributed by atoms with van der Waals surface area (Å²) in [5, 5.41) is 4.84. The number of amides is 2. The zero-order chi connectivity index (χ0) is 26.2. The average molecular weight is 520 g/mol. The van der Waals surface area contributed by atoms with Gasteiger partial charge in [-0.05, 0) is 80.3 Å². The van der Waals surface area contributed by atoms with Crippen molar-refractivity contribution in [1.29, 1.82) is 0 Å². The molecule has 3 heterocycles. The lowest BCUT2D eigenvalue weighted by atomic mass is 9.89. The molecule has 2 aliphatic carbocycles. The third-order valence-corrected chi connectivity index (χ3v) is 7.95. The first-order valence-electron chi connectivity index (χ1n) is 13.4. The number of hydrogen-bond donors (Lipinski definition) is 2. The third kappa shape index (κ3) is 5.07. The van der Waals surface area contributed by atoms with E-state index in [1.54, 1.807) is 9.80 Å². The Labute approximate surface area is 219 Å². The second-order valence-corrected chi connectivity index (χ2v) is 10.6. The number of aromatic nitrogens is 2. The van der Waals surface area contributed by atoms with Crippen LogP contribution in [0.3, 0.4) is 0 Å². The molecule has 2 N–H and O–H groups in total. The molecule has 1 saturated carbocycles. The van der Waals surface area contributed by atoms with E-state index in [0.29, 0.717) is 31.0 Å². The predicted octanol–water partition coefficient (Wildman–Crippen LogP) is 4.80. The fourth-order valence-corrected chi connectivity index (χ4v) is 5.77. The molecule has 1 aromatic carbocycles. The highest BCUT2D eigenvalue weighted by Gasteiger charge is 2.31. The first-order valence-corrected chi connectivity index (χ1v) is 13.4. The lowest BCUT2D eigenvalue weighted by molar-refractivity contribution is -0.107. The molecule has 9 heteroatoms. The summed E-state index contributed by atoms with van der Waals surface area (Å²) in [7, 11) is 0. The number of benzene rings is 1. The fourth-order valence-electron chi connectivity index (χ4n) is 5.77. The van der Waals surface area contributed by atoms with Crippen molar-refractivity contribution < 1.29 is 18.4 Å². The standard InChI is InChI=1S/C29H31F2N5O2/c30-20-13-19(14-21(31)15-20)29(38)35-11-8-23(9-12-35)33-22-3-1-18(2-4-22)26-16-27(36(17-37)24-5-6-24)34-28-25(26)7-10-32-28/h1,7,10,13-17,22-24,33H,2-6,8-9,11-12H2,(H,32,34). The maximum absolute atomic E-state index is 13.5. The Balaban J connectivity index is 1.08. The second kappa shape index (κ2) is 10.3. The predicted molar refractivity (Wildman–Crippen MR) is 142 cm³/mol. The van der Waals surface area contributed by atoms with E-state index in [4.69, 9.17) is 4.98 Å². The number of H-pyrrole nitrogens is 1. The lowest BCUT2D eigenvalue weighted by Crippen LogP contribution is -2.48. The Morgan fingerprint density at radius 2 is 1.82 bits per heavy atom. The van der Waals surface area contributed by atoms with E-state index in [1.165, 1.54) is 5.57 Å². The summed E-state index contributed by atoms with van der Waals surface area (Å²) in [5.74, 6) is -1.09. The van der Waals surface area contributed by atoms with Crippen molar-refractivity contribution >= 4 is 34.7 Å². The number of carbonyl (C=O) groups excluding carboxylic acids is 2. The Kier molecular flexibility index (Phi) is 6.69. The number of likely N-dealkylation sites (tertiary alicyclic amines) is 1. The molecule has 7 nitrogen and oxygen atoms in total. The summed E-state index contributed by atoms with van der Waals surface area (Å²) in [4.78, 5) is 35.8. The molecule has 2 fully saturated rings. The number of halogens is 2. The van der Waals surface area contributed by atoms with Crippen LogP contribution in [0.25, 0.3) is 16.6 Å². The Morgan fingerprint density at radius 1 is 1.05 bits per heavy atom. The minimum atomic E-state index is -0.737. The molecule has 3 aliphatic rings. The zero-order valence-corrected chi connectivity index (χ0v) is 21.1. The van der Waals surface area contributed by atoms with Crippen molar-refractivity contribution in [3.8, 4) is 0 Å². The molecule has 1 atom stereocenters. The summed E-state index contributed by atoms with van der Waals surface area (Å²) in [6, 6.07) is 7.97. The van der Waals surface area contributed by atoms with Crippen molar-refractivity contribution in [2.24, 2.45) is 0 Å². The molecule has 38 heavy (non-hydrogen) atoms. The number of fused-ring (bicyclic) bond motifs is 1. The molecule has 1 saturated heterocycles. The lowest BCUT2D eigenvalue weighted by Gasteiger charge is -2.35. The number of nitrogens with zero attached hydrogens (tertiary/aromatic N) is 3. The van der Waals surface area contributed by atoms with E-state index in [2.05, 4.69) is 22.4 Å². The van der Waals surface area contributed by atoms with Gasteiger partial charge in [0, 0.05) is 54.4 Å². The zero-order valence-electron chi connectivity index (χ0n) is 21.1. The minimum Gasteiger partial charge on any atom is -0.346 e. The number of carbonyl (C=O) groups is 2. The van der Waals surface area contributed by atoms with Gasteiger partial charge in [-0.2, -0.15) is 0 Å². The summed E-state index contributed by atoms with van der Waals surface area (Å²) < 4.78 is 27.1. The quantitative estimate of drug-likeness (QED) is 0.440. The molecular weight excluding hydrogens is 488 g/mol. The molecule has 0 radical (unpaired) electrons.